The van der Waals surface area contributed by atoms with Crippen LogP contribution in [0.4, 0.5) is 0 Å². The van der Waals surface area contributed by atoms with Gasteiger partial charge in [-0.2, -0.15) is 5.10 Å². The highest BCUT2D eigenvalue weighted by Crippen LogP contribution is 2.29. The van der Waals surface area contributed by atoms with E-state index in [9.17, 15) is 4.79 Å². The standard InChI is InChI=1S/C15H21N3O2/c1-18-10-12(9-16-18)15-13(6-7-20-15)17-14(19)8-11-4-2-3-5-11/h2,4,9-11,13,15H,3,5-8H2,1H3,(H,17,19)/t11?,13-,15+/m0/s1. The second-order valence-electron chi connectivity index (χ2n) is 5.67. The zero-order valence-corrected chi connectivity index (χ0v) is 11.8. The average molecular weight is 275 g/mol. The SMILES string of the molecule is Cn1cc([C@H]2OCC[C@@H]2NC(=O)CC2C=CCC2)cn1. The number of aryl methyl sites for hydroxylation is 1. The maximum atomic E-state index is 12.1. The molecule has 1 unspecified atom stereocenters. The van der Waals surface area contributed by atoms with E-state index in [1.54, 1.807) is 4.68 Å². The van der Waals surface area contributed by atoms with E-state index in [4.69, 9.17) is 4.74 Å². The van der Waals surface area contributed by atoms with Crippen molar-refractivity contribution in [2.24, 2.45) is 13.0 Å². The van der Waals surface area contributed by atoms with E-state index in [2.05, 4.69) is 22.6 Å². The third kappa shape index (κ3) is 2.93. The molecule has 1 aliphatic heterocycles. The smallest absolute Gasteiger partial charge is 0.220 e. The van der Waals surface area contributed by atoms with Crippen molar-refractivity contribution in [3.05, 3.63) is 30.1 Å². The quantitative estimate of drug-likeness (QED) is 0.851. The summed E-state index contributed by atoms with van der Waals surface area (Å²) in [6.45, 7) is 0.688. The molecule has 0 saturated carbocycles. The Hall–Kier alpha value is -1.62. The van der Waals surface area contributed by atoms with Gasteiger partial charge in [0.15, 0.2) is 0 Å². The van der Waals surface area contributed by atoms with Gasteiger partial charge in [0.05, 0.1) is 12.2 Å². The van der Waals surface area contributed by atoms with E-state index >= 15 is 0 Å². The minimum atomic E-state index is -0.0632. The van der Waals surface area contributed by atoms with Crippen LogP contribution in [-0.2, 0) is 16.6 Å². The molecular formula is C15H21N3O2. The minimum Gasteiger partial charge on any atom is -0.371 e. The van der Waals surface area contributed by atoms with Crippen molar-refractivity contribution in [3.8, 4) is 0 Å². The van der Waals surface area contributed by atoms with Gasteiger partial charge in [-0.05, 0) is 25.2 Å². The fourth-order valence-corrected chi connectivity index (χ4v) is 3.02. The monoisotopic (exact) mass is 275 g/mol. The lowest BCUT2D eigenvalue weighted by Gasteiger charge is -2.19. The predicted octanol–water partition coefficient (Wildman–Crippen LogP) is 1.72. The zero-order chi connectivity index (χ0) is 13.9. The van der Waals surface area contributed by atoms with Gasteiger partial charge in [-0.15, -0.1) is 0 Å². The summed E-state index contributed by atoms with van der Waals surface area (Å²) in [4.78, 5) is 12.1. The van der Waals surface area contributed by atoms with Gasteiger partial charge in [0.2, 0.25) is 5.91 Å². The van der Waals surface area contributed by atoms with Gasteiger partial charge in [-0.1, -0.05) is 12.2 Å². The van der Waals surface area contributed by atoms with Gasteiger partial charge >= 0.3 is 0 Å². The first-order valence-electron chi connectivity index (χ1n) is 7.28. The number of hydrogen-bond acceptors (Lipinski definition) is 3. The third-order valence-electron chi connectivity index (χ3n) is 4.05. The van der Waals surface area contributed by atoms with E-state index in [1.165, 1.54) is 0 Å². The van der Waals surface area contributed by atoms with Gasteiger partial charge in [-0.3, -0.25) is 9.48 Å². The Labute approximate surface area is 119 Å². The molecule has 0 bridgehead atoms. The first-order chi connectivity index (χ1) is 9.72. The Morgan fingerprint density at radius 1 is 1.55 bits per heavy atom. The molecule has 0 spiro atoms. The normalized spacial score (nSPS) is 28.9. The van der Waals surface area contributed by atoms with Crippen LogP contribution in [0, 0.1) is 5.92 Å². The maximum Gasteiger partial charge on any atom is 0.220 e. The predicted molar refractivity (Wildman–Crippen MR) is 74.9 cm³/mol. The molecule has 2 heterocycles. The molecule has 20 heavy (non-hydrogen) atoms. The number of nitrogens with one attached hydrogen (secondary N) is 1. The number of aromatic nitrogens is 2. The molecule has 1 aromatic rings. The highest BCUT2D eigenvalue weighted by atomic mass is 16.5. The molecule has 0 radical (unpaired) electrons. The second-order valence-corrected chi connectivity index (χ2v) is 5.67. The molecule has 2 aliphatic rings. The molecule has 3 rings (SSSR count). The third-order valence-corrected chi connectivity index (χ3v) is 4.05. The molecule has 0 aromatic carbocycles. The summed E-state index contributed by atoms with van der Waals surface area (Å²) < 4.78 is 7.52. The summed E-state index contributed by atoms with van der Waals surface area (Å²) in [5.74, 6) is 0.542. The highest BCUT2D eigenvalue weighted by Gasteiger charge is 2.32. The van der Waals surface area contributed by atoms with Crippen LogP contribution in [0.2, 0.25) is 0 Å². The number of carbonyl (C=O) groups is 1. The fraction of sp³-hybridized carbons (Fsp3) is 0.600. The Morgan fingerprint density at radius 3 is 3.15 bits per heavy atom. The van der Waals surface area contributed by atoms with Crippen molar-refractivity contribution in [2.75, 3.05) is 6.61 Å². The molecule has 1 amide bonds. The number of allylic oxidation sites excluding steroid dienone is 2. The average Bonchev–Trinajstić information content (AvgIpc) is 3.11. The molecular weight excluding hydrogens is 254 g/mol. The Morgan fingerprint density at radius 2 is 2.45 bits per heavy atom. The van der Waals surface area contributed by atoms with Crippen molar-refractivity contribution >= 4 is 5.91 Å². The van der Waals surface area contributed by atoms with Gasteiger partial charge in [0.1, 0.15) is 6.10 Å². The summed E-state index contributed by atoms with van der Waals surface area (Å²) in [5, 5.41) is 7.30. The van der Waals surface area contributed by atoms with Crippen molar-refractivity contribution in [3.63, 3.8) is 0 Å². The molecule has 1 aliphatic carbocycles. The van der Waals surface area contributed by atoms with Gasteiger partial charge in [0, 0.05) is 31.8 Å². The lowest BCUT2D eigenvalue weighted by atomic mass is 10.0. The van der Waals surface area contributed by atoms with Crippen molar-refractivity contribution < 1.29 is 9.53 Å². The van der Waals surface area contributed by atoms with Crippen LogP contribution in [0.3, 0.4) is 0 Å². The van der Waals surface area contributed by atoms with Crippen LogP contribution in [0.25, 0.3) is 0 Å². The van der Waals surface area contributed by atoms with E-state index in [-0.39, 0.29) is 18.1 Å². The van der Waals surface area contributed by atoms with Gasteiger partial charge in [0.25, 0.3) is 0 Å². The molecule has 5 heteroatoms. The highest BCUT2D eigenvalue weighted by molar-refractivity contribution is 5.77. The number of rotatable bonds is 4. The number of ether oxygens (including phenoxy) is 1. The topological polar surface area (TPSA) is 56.1 Å². The van der Waals surface area contributed by atoms with E-state index in [0.717, 1.165) is 24.8 Å². The fourth-order valence-electron chi connectivity index (χ4n) is 3.02. The van der Waals surface area contributed by atoms with E-state index < -0.39 is 0 Å². The molecule has 1 fully saturated rings. The number of carbonyl (C=O) groups excluding carboxylic acids is 1. The zero-order valence-electron chi connectivity index (χ0n) is 11.8. The number of hydrogen-bond donors (Lipinski definition) is 1. The van der Waals surface area contributed by atoms with Gasteiger partial charge < -0.3 is 10.1 Å². The van der Waals surface area contributed by atoms with Crippen LogP contribution in [0.5, 0.6) is 0 Å². The second kappa shape index (κ2) is 5.79. The lowest BCUT2D eigenvalue weighted by Crippen LogP contribution is -2.37. The van der Waals surface area contributed by atoms with Crippen LogP contribution in [0.15, 0.2) is 24.5 Å². The van der Waals surface area contributed by atoms with Crippen LogP contribution < -0.4 is 5.32 Å². The molecule has 1 N–H and O–H groups in total. The molecule has 1 aromatic heterocycles. The largest absolute Gasteiger partial charge is 0.371 e. The number of nitrogens with zero attached hydrogens (tertiary/aromatic N) is 2. The Balaban J connectivity index is 1.58. The van der Waals surface area contributed by atoms with Crippen molar-refractivity contribution in [1.29, 1.82) is 0 Å². The van der Waals surface area contributed by atoms with E-state index in [1.807, 2.05) is 19.4 Å². The molecule has 3 atom stereocenters. The minimum absolute atomic E-state index is 0.0632. The number of amides is 1. The summed E-state index contributed by atoms with van der Waals surface area (Å²) >= 11 is 0. The van der Waals surface area contributed by atoms with E-state index in [0.29, 0.717) is 18.9 Å². The van der Waals surface area contributed by atoms with Crippen LogP contribution in [-0.4, -0.2) is 28.3 Å². The first-order valence-corrected chi connectivity index (χ1v) is 7.28. The summed E-state index contributed by atoms with van der Waals surface area (Å²) in [6.07, 6.45) is 11.7. The van der Waals surface area contributed by atoms with Crippen LogP contribution >= 0.6 is 0 Å². The van der Waals surface area contributed by atoms with Crippen molar-refractivity contribution in [1.82, 2.24) is 15.1 Å². The Kier molecular flexibility index (Phi) is 3.87. The maximum absolute atomic E-state index is 12.1. The Bertz CT molecular complexity index is 509. The lowest BCUT2D eigenvalue weighted by molar-refractivity contribution is -0.122. The molecule has 5 nitrogen and oxygen atoms in total. The molecule has 108 valence electrons. The first kappa shape index (κ1) is 13.4. The van der Waals surface area contributed by atoms with Gasteiger partial charge in [-0.25, -0.2) is 0 Å². The summed E-state index contributed by atoms with van der Waals surface area (Å²) in [7, 11) is 1.89. The molecule has 1 saturated heterocycles. The summed E-state index contributed by atoms with van der Waals surface area (Å²) in [6, 6.07) is 0.0667. The van der Waals surface area contributed by atoms with Crippen LogP contribution in [0.1, 0.15) is 37.4 Å². The summed E-state index contributed by atoms with van der Waals surface area (Å²) in [5.41, 5.74) is 1.04. The van der Waals surface area contributed by atoms with Crippen molar-refractivity contribution in [2.45, 2.75) is 37.8 Å².